The minimum atomic E-state index is -0.358. The Kier molecular flexibility index (Phi) is 7.59. The van der Waals surface area contributed by atoms with Crippen LogP contribution < -0.4 is 15.4 Å². The smallest absolute Gasteiger partial charge is 0.224 e. The number of rotatable bonds is 6. The summed E-state index contributed by atoms with van der Waals surface area (Å²) < 4.78 is 19.2. The number of nitrogens with zero attached hydrogens (tertiary/aromatic N) is 3. The Hall–Kier alpha value is -3.16. The van der Waals surface area contributed by atoms with Crippen LogP contribution in [0.1, 0.15) is 24.8 Å². The average molecular weight is 413 g/mol. The summed E-state index contributed by atoms with van der Waals surface area (Å²) in [5, 5.41) is 6.06. The molecule has 0 spiro atoms. The highest BCUT2D eigenvalue weighted by Crippen LogP contribution is 2.24. The molecule has 0 radical (unpaired) electrons. The van der Waals surface area contributed by atoms with E-state index in [-0.39, 0.29) is 11.7 Å². The van der Waals surface area contributed by atoms with Crippen LogP contribution in [0.3, 0.4) is 0 Å². The molecule has 0 unspecified atom stereocenters. The van der Waals surface area contributed by atoms with E-state index in [9.17, 15) is 9.18 Å². The van der Waals surface area contributed by atoms with Crippen molar-refractivity contribution in [2.45, 2.75) is 25.8 Å². The van der Waals surface area contributed by atoms with Crippen molar-refractivity contribution < 1.29 is 13.9 Å². The number of pyridine rings is 1. The molecular weight excluding hydrogens is 385 g/mol. The third kappa shape index (κ3) is 5.92. The van der Waals surface area contributed by atoms with Crippen LogP contribution in [0.2, 0.25) is 0 Å². The van der Waals surface area contributed by atoms with Crippen molar-refractivity contribution in [2.24, 2.45) is 10.9 Å². The van der Waals surface area contributed by atoms with E-state index in [2.05, 4.69) is 25.5 Å². The first kappa shape index (κ1) is 21.5. The fourth-order valence-corrected chi connectivity index (χ4v) is 3.51. The zero-order chi connectivity index (χ0) is 21.3. The number of piperidine rings is 1. The molecule has 160 valence electrons. The SMILES string of the molecule is CN=C(NCc1cccnc1Oc1cccc(F)c1)N1CCC(CC(=O)NC)CC1. The van der Waals surface area contributed by atoms with Crippen LogP contribution in [0.25, 0.3) is 0 Å². The van der Waals surface area contributed by atoms with Gasteiger partial charge in [0.25, 0.3) is 0 Å². The number of aliphatic imine (C=N–C) groups is 1. The number of hydrogen-bond acceptors (Lipinski definition) is 4. The number of amides is 1. The van der Waals surface area contributed by atoms with Crippen LogP contribution in [0.5, 0.6) is 11.6 Å². The normalized spacial score (nSPS) is 15.0. The number of ether oxygens (including phenoxy) is 1. The van der Waals surface area contributed by atoms with E-state index in [1.165, 1.54) is 12.1 Å². The highest BCUT2D eigenvalue weighted by molar-refractivity contribution is 5.80. The molecule has 0 bridgehead atoms. The molecule has 1 amide bonds. The maximum atomic E-state index is 13.4. The molecule has 1 aliphatic rings. The van der Waals surface area contributed by atoms with Gasteiger partial charge in [-0.05, 0) is 37.0 Å². The summed E-state index contributed by atoms with van der Waals surface area (Å²) in [6, 6.07) is 9.74. The Morgan fingerprint density at radius 1 is 1.30 bits per heavy atom. The number of hydrogen-bond donors (Lipinski definition) is 2. The Labute approximate surface area is 176 Å². The third-order valence-electron chi connectivity index (χ3n) is 5.18. The van der Waals surface area contributed by atoms with Gasteiger partial charge in [0.05, 0.1) is 0 Å². The number of carbonyl (C=O) groups is 1. The quantitative estimate of drug-likeness (QED) is 0.562. The molecule has 1 aromatic carbocycles. The lowest BCUT2D eigenvalue weighted by Gasteiger charge is -2.34. The van der Waals surface area contributed by atoms with Crippen LogP contribution in [0.4, 0.5) is 4.39 Å². The lowest BCUT2D eigenvalue weighted by molar-refractivity contribution is -0.121. The Morgan fingerprint density at radius 3 is 2.80 bits per heavy atom. The number of benzene rings is 1. The van der Waals surface area contributed by atoms with E-state index in [1.807, 2.05) is 12.1 Å². The van der Waals surface area contributed by atoms with Gasteiger partial charge in [-0.3, -0.25) is 9.79 Å². The minimum absolute atomic E-state index is 0.0957. The van der Waals surface area contributed by atoms with Crippen molar-refractivity contribution in [1.29, 1.82) is 0 Å². The monoisotopic (exact) mass is 413 g/mol. The van der Waals surface area contributed by atoms with Crippen LogP contribution in [0.15, 0.2) is 47.6 Å². The topological polar surface area (TPSA) is 78.9 Å². The van der Waals surface area contributed by atoms with E-state index < -0.39 is 0 Å². The molecule has 1 aliphatic heterocycles. The van der Waals surface area contributed by atoms with Gasteiger partial charge in [0.1, 0.15) is 11.6 Å². The first-order valence-electron chi connectivity index (χ1n) is 10.1. The number of nitrogens with one attached hydrogen (secondary N) is 2. The van der Waals surface area contributed by atoms with E-state index in [4.69, 9.17) is 4.74 Å². The van der Waals surface area contributed by atoms with Gasteiger partial charge >= 0.3 is 0 Å². The lowest BCUT2D eigenvalue weighted by Crippen LogP contribution is -2.45. The van der Waals surface area contributed by atoms with Gasteiger partial charge in [-0.2, -0.15) is 0 Å². The maximum Gasteiger partial charge on any atom is 0.224 e. The maximum absolute atomic E-state index is 13.4. The van der Waals surface area contributed by atoms with Crippen LogP contribution in [-0.4, -0.2) is 48.9 Å². The van der Waals surface area contributed by atoms with Gasteiger partial charge in [0.15, 0.2) is 5.96 Å². The molecule has 1 fully saturated rings. The molecule has 8 heteroatoms. The highest BCUT2D eigenvalue weighted by atomic mass is 19.1. The largest absolute Gasteiger partial charge is 0.439 e. The first-order chi connectivity index (χ1) is 14.6. The standard InChI is InChI=1S/C22H28FN5O2/c1-24-20(29)13-16-8-11-28(12-9-16)22(25-2)27-15-17-5-4-10-26-21(17)30-19-7-3-6-18(23)14-19/h3-7,10,14,16H,8-9,11-13,15H2,1-2H3,(H,24,29)(H,25,27). The van der Waals surface area contributed by atoms with Crippen molar-refractivity contribution in [3.63, 3.8) is 0 Å². The Morgan fingerprint density at radius 2 is 2.10 bits per heavy atom. The van der Waals surface area contributed by atoms with Crippen molar-refractivity contribution >= 4 is 11.9 Å². The Bertz CT molecular complexity index is 881. The van der Waals surface area contributed by atoms with Crippen molar-refractivity contribution in [1.82, 2.24) is 20.5 Å². The fourth-order valence-electron chi connectivity index (χ4n) is 3.51. The summed E-state index contributed by atoms with van der Waals surface area (Å²) >= 11 is 0. The summed E-state index contributed by atoms with van der Waals surface area (Å²) in [6.07, 6.45) is 4.13. The summed E-state index contributed by atoms with van der Waals surface area (Å²) in [4.78, 5) is 22.5. The number of guanidine groups is 1. The molecule has 2 N–H and O–H groups in total. The molecule has 0 atom stereocenters. The number of likely N-dealkylation sites (tertiary alicyclic amines) is 1. The molecule has 7 nitrogen and oxygen atoms in total. The molecule has 3 rings (SSSR count). The van der Waals surface area contributed by atoms with Gasteiger partial charge < -0.3 is 20.3 Å². The van der Waals surface area contributed by atoms with Crippen LogP contribution >= 0.6 is 0 Å². The predicted octanol–water partition coefficient (Wildman–Crippen LogP) is 2.94. The average Bonchev–Trinajstić information content (AvgIpc) is 2.76. The summed E-state index contributed by atoms with van der Waals surface area (Å²) in [5.41, 5.74) is 0.845. The second-order valence-electron chi connectivity index (χ2n) is 7.24. The Balaban J connectivity index is 1.58. The highest BCUT2D eigenvalue weighted by Gasteiger charge is 2.23. The van der Waals surface area contributed by atoms with E-state index >= 15 is 0 Å². The molecule has 0 saturated carbocycles. The molecular formula is C22H28FN5O2. The van der Waals surface area contributed by atoms with Gasteiger partial charge in [-0.1, -0.05) is 12.1 Å². The van der Waals surface area contributed by atoms with Crippen LogP contribution in [-0.2, 0) is 11.3 Å². The zero-order valence-electron chi connectivity index (χ0n) is 17.4. The fraction of sp³-hybridized carbons (Fsp3) is 0.409. The van der Waals surface area contributed by atoms with Crippen molar-refractivity contribution in [2.75, 3.05) is 27.2 Å². The first-order valence-corrected chi connectivity index (χ1v) is 10.1. The molecule has 1 saturated heterocycles. The molecule has 2 heterocycles. The summed E-state index contributed by atoms with van der Waals surface area (Å²) in [7, 11) is 3.43. The number of carbonyl (C=O) groups excluding carboxylic acids is 1. The molecule has 30 heavy (non-hydrogen) atoms. The van der Waals surface area contributed by atoms with Gasteiger partial charge in [0.2, 0.25) is 11.8 Å². The molecule has 0 aliphatic carbocycles. The number of halogens is 1. The van der Waals surface area contributed by atoms with Crippen molar-refractivity contribution in [3.8, 4) is 11.6 Å². The zero-order valence-corrected chi connectivity index (χ0v) is 17.4. The van der Waals surface area contributed by atoms with E-state index in [0.717, 1.165) is 37.5 Å². The molecule has 1 aromatic heterocycles. The minimum Gasteiger partial charge on any atom is -0.439 e. The molecule has 2 aromatic rings. The summed E-state index contributed by atoms with van der Waals surface area (Å²) in [6.45, 7) is 2.17. The summed E-state index contributed by atoms with van der Waals surface area (Å²) in [5.74, 6) is 1.77. The van der Waals surface area contributed by atoms with Crippen molar-refractivity contribution in [3.05, 3.63) is 54.0 Å². The van der Waals surface area contributed by atoms with Gasteiger partial charge in [0, 0.05) is 58.0 Å². The van der Waals surface area contributed by atoms with Gasteiger partial charge in [-0.15, -0.1) is 0 Å². The van der Waals surface area contributed by atoms with Crippen LogP contribution in [0, 0.1) is 11.7 Å². The predicted molar refractivity (Wildman–Crippen MR) is 114 cm³/mol. The number of aromatic nitrogens is 1. The lowest BCUT2D eigenvalue weighted by atomic mass is 9.93. The second kappa shape index (κ2) is 10.6. The third-order valence-corrected chi connectivity index (χ3v) is 5.18. The second-order valence-corrected chi connectivity index (χ2v) is 7.24. The van der Waals surface area contributed by atoms with E-state index in [0.29, 0.717) is 30.5 Å². The van der Waals surface area contributed by atoms with E-state index in [1.54, 1.807) is 32.4 Å². The van der Waals surface area contributed by atoms with Gasteiger partial charge in [-0.25, -0.2) is 9.37 Å².